The molecule has 2 rings (SSSR count). The van der Waals surface area contributed by atoms with E-state index in [1.807, 2.05) is 23.1 Å². The summed E-state index contributed by atoms with van der Waals surface area (Å²) in [7, 11) is 3.26. The van der Waals surface area contributed by atoms with Gasteiger partial charge in [0.05, 0.1) is 20.8 Å². The number of methoxy groups -OCH3 is 2. The van der Waals surface area contributed by atoms with Gasteiger partial charge in [0, 0.05) is 25.7 Å². The van der Waals surface area contributed by atoms with E-state index in [2.05, 4.69) is 5.32 Å². The Hall–Kier alpha value is -1.75. The Kier molecular flexibility index (Phi) is 5.87. The van der Waals surface area contributed by atoms with E-state index >= 15 is 0 Å². The summed E-state index contributed by atoms with van der Waals surface area (Å²) in [6.45, 7) is 2.79. The van der Waals surface area contributed by atoms with Crippen molar-refractivity contribution in [2.45, 2.75) is 25.8 Å². The average molecular weight is 292 g/mol. The highest BCUT2D eigenvalue weighted by molar-refractivity contribution is 5.78. The van der Waals surface area contributed by atoms with E-state index in [0.29, 0.717) is 13.1 Å². The molecule has 1 aromatic carbocycles. The number of benzene rings is 1. The maximum absolute atomic E-state index is 12.0. The standard InChI is InChI=1S/C16H24N2O3/c1-20-14-8-13(9-15(10-14)21-2)11-17-12-16(19)18-6-4-3-5-7-18/h8-10,17H,3-7,11-12H2,1-2H3. The van der Waals surface area contributed by atoms with Crippen LogP contribution in [0.3, 0.4) is 0 Å². The van der Waals surface area contributed by atoms with Crippen molar-refractivity contribution < 1.29 is 14.3 Å². The number of nitrogens with one attached hydrogen (secondary N) is 1. The van der Waals surface area contributed by atoms with Crippen LogP contribution in [0.5, 0.6) is 11.5 Å². The van der Waals surface area contributed by atoms with E-state index in [9.17, 15) is 4.79 Å². The Morgan fingerprint density at radius 1 is 1.10 bits per heavy atom. The van der Waals surface area contributed by atoms with E-state index in [1.165, 1.54) is 6.42 Å². The minimum Gasteiger partial charge on any atom is -0.497 e. The van der Waals surface area contributed by atoms with Gasteiger partial charge in [-0.05, 0) is 37.0 Å². The molecule has 0 saturated carbocycles. The molecule has 1 aliphatic rings. The minimum atomic E-state index is 0.185. The monoisotopic (exact) mass is 292 g/mol. The van der Waals surface area contributed by atoms with Crippen molar-refractivity contribution in [3.05, 3.63) is 23.8 Å². The van der Waals surface area contributed by atoms with E-state index in [0.717, 1.165) is 43.0 Å². The number of nitrogens with zero attached hydrogens (tertiary/aromatic N) is 1. The van der Waals surface area contributed by atoms with Gasteiger partial charge >= 0.3 is 0 Å². The molecule has 0 bridgehead atoms. The fourth-order valence-electron chi connectivity index (χ4n) is 2.54. The van der Waals surface area contributed by atoms with Gasteiger partial charge in [0.15, 0.2) is 0 Å². The van der Waals surface area contributed by atoms with Gasteiger partial charge < -0.3 is 19.7 Å². The molecule has 1 saturated heterocycles. The summed E-state index contributed by atoms with van der Waals surface area (Å²) in [4.78, 5) is 14.0. The maximum Gasteiger partial charge on any atom is 0.236 e. The van der Waals surface area contributed by atoms with Gasteiger partial charge in [0.1, 0.15) is 11.5 Å². The van der Waals surface area contributed by atoms with E-state index < -0.39 is 0 Å². The fraction of sp³-hybridized carbons (Fsp3) is 0.562. The van der Waals surface area contributed by atoms with E-state index in [-0.39, 0.29) is 5.91 Å². The molecule has 1 aliphatic heterocycles. The Balaban J connectivity index is 1.83. The first-order chi connectivity index (χ1) is 10.2. The fourth-order valence-corrected chi connectivity index (χ4v) is 2.54. The normalized spacial score (nSPS) is 14.9. The molecule has 0 spiro atoms. The summed E-state index contributed by atoms with van der Waals surface area (Å²) >= 11 is 0. The van der Waals surface area contributed by atoms with Crippen molar-refractivity contribution >= 4 is 5.91 Å². The van der Waals surface area contributed by atoms with E-state index in [4.69, 9.17) is 9.47 Å². The lowest BCUT2D eigenvalue weighted by Gasteiger charge is -2.26. The maximum atomic E-state index is 12.0. The minimum absolute atomic E-state index is 0.185. The molecule has 1 aromatic rings. The number of piperidine rings is 1. The lowest BCUT2D eigenvalue weighted by Crippen LogP contribution is -2.40. The molecule has 0 atom stereocenters. The zero-order chi connectivity index (χ0) is 15.1. The number of carbonyl (C=O) groups is 1. The second-order valence-corrected chi connectivity index (χ2v) is 5.27. The predicted molar refractivity (Wildman–Crippen MR) is 81.7 cm³/mol. The molecule has 0 unspecified atom stereocenters. The summed E-state index contributed by atoms with van der Waals surface area (Å²) in [6, 6.07) is 5.73. The molecular weight excluding hydrogens is 268 g/mol. The summed E-state index contributed by atoms with van der Waals surface area (Å²) in [5, 5.41) is 3.20. The molecule has 0 radical (unpaired) electrons. The van der Waals surface area contributed by atoms with Crippen molar-refractivity contribution in [1.29, 1.82) is 0 Å². The molecule has 5 heteroatoms. The lowest BCUT2D eigenvalue weighted by molar-refractivity contribution is -0.131. The highest BCUT2D eigenvalue weighted by Crippen LogP contribution is 2.22. The van der Waals surface area contributed by atoms with Crippen molar-refractivity contribution in [3.63, 3.8) is 0 Å². The van der Waals surface area contributed by atoms with Crippen LogP contribution in [0.4, 0.5) is 0 Å². The van der Waals surface area contributed by atoms with Crippen LogP contribution in [0.2, 0.25) is 0 Å². The van der Waals surface area contributed by atoms with Gasteiger partial charge in [-0.3, -0.25) is 4.79 Å². The largest absolute Gasteiger partial charge is 0.497 e. The second kappa shape index (κ2) is 7.88. The summed E-state index contributed by atoms with van der Waals surface area (Å²) in [5.41, 5.74) is 1.04. The topological polar surface area (TPSA) is 50.8 Å². The molecular formula is C16H24N2O3. The number of hydrogen-bond acceptors (Lipinski definition) is 4. The molecule has 1 fully saturated rings. The zero-order valence-corrected chi connectivity index (χ0v) is 12.9. The number of likely N-dealkylation sites (tertiary alicyclic amines) is 1. The van der Waals surface area contributed by atoms with Crippen molar-refractivity contribution in [3.8, 4) is 11.5 Å². The number of ether oxygens (including phenoxy) is 2. The SMILES string of the molecule is COc1cc(CNCC(=O)N2CCCCC2)cc(OC)c1. The van der Waals surface area contributed by atoms with Crippen LogP contribution in [0.1, 0.15) is 24.8 Å². The molecule has 21 heavy (non-hydrogen) atoms. The lowest BCUT2D eigenvalue weighted by atomic mass is 10.1. The first-order valence-electron chi connectivity index (χ1n) is 7.43. The Labute approximate surface area is 126 Å². The Morgan fingerprint density at radius 3 is 2.29 bits per heavy atom. The predicted octanol–water partition coefficient (Wildman–Crippen LogP) is 1.81. The van der Waals surface area contributed by atoms with Crippen LogP contribution in [-0.2, 0) is 11.3 Å². The van der Waals surface area contributed by atoms with Crippen LogP contribution >= 0.6 is 0 Å². The molecule has 5 nitrogen and oxygen atoms in total. The van der Waals surface area contributed by atoms with Crippen molar-refractivity contribution in [1.82, 2.24) is 10.2 Å². The third kappa shape index (κ3) is 4.63. The van der Waals surface area contributed by atoms with Gasteiger partial charge in [-0.25, -0.2) is 0 Å². The molecule has 1 N–H and O–H groups in total. The molecule has 0 aromatic heterocycles. The quantitative estimate of drug-likeness (QED) is 0.869. The van der Waals surface area contributed by atoms with Gasteiger partial charge in [-0.2, -0.15) is 0 Å². The van der Waals surface area contributed by atoms with Crippen molar-refractivity contribution in [2.75, 3.05) is 33.9 Å². The highest BCUT2D eigenvalue weighted by Gasteiger charge is 2.15. The van der Waals surface area contributed by atoms with Crippen LogP contribution in [0, 0.1) is 0 Å². The van der Waals surface area contributed by atoms with Crippen LogP contribution in [0.15, 0.2) is 18.2 Å². The molecule has 1 heterocycles. The smallest absolute Gasteiger partial charge is 0.236 e. The highest BCUT2D eigenvalue weighted by atomic mass is 16.5. The first-order valence-corrected chi connectivity index (χ1v) is 7.43. The number of rotatable bonds is 6. The van der Waals surface area contributed by atoms with Gasteiger partial charge in [-0.15, -0.1) is 0 Å². The summed E-state index contributed by atoms with van der Waals surface area (Å²) < 4.78 is 10.5. The third-order valence-corrected chi connectivity index (χ3v) is 3.73. The summed E-state index contributed by atoms with van der Waals surface area (Å²) in [5.74, 6) is 1.70. The van der Waals surface area contributed by atoms with Gasteiger partial charge in [0.25, 0.3) is 0 Å². The van der Waals surface area contributed by atoms with Crippen LogP contribution < -0.4 is 14.8 Å². The first kappa shape index (κ1) is 15.6. The Bertz CT molecular complexity index is 448. The molecule has 116 valence electrons. The van der Waals surface area contributed by atoms with Gasteiger partial charge in [-0.1, -0.05) is 0 Å². The molecule has 0 aliphatic carbocycles. The number of carbonyl (C=O) groups excluding carboxylic acids is 1. The number of hydrogen-bond donors (Lipinski definition) is 1. The van der Waals surface area contributed by atoms with Crippen LogP contribution in [-0.4, -0.2) is 44.7 Å². The second-order valence-electron chi connectivity index (χ2n) is 5.27. The van der Waals surface area contributed by atoms with Gasteiger partial charge in [0.2, 0.25) is 5.91 Å². The molecule has 1 amide bonds. The van der Waals surface area contributed by atoms with E-state index in [1.54, 1.807) is 14.2 Å². The average Bonchev–Trinajstić information content (AvgIpc) is 2.55. The third-order valence-electron chi connectivity index (χ3n) is 3.73. The Morgan fingerprint density at radius 2 is 1.71 bits per heavy atom. The summed E-state index contributed by atoms with van der Waals surface area (Å²) in [6.07, 6.45) is 3.48. The number of amides is 1. The van der Waals surface area contributed by atoms with Crippen molar-refractivity contribution in [2.24, 2.45) is 0 Å². The van der Waals surface area contributed by atoms with Crippen LogP contribution in [0.25, 0.3) is 0 Å². The zero-order valence-electron chi connectivity index (χ0n) is 12.9.